The molecule has 0 fully saturated rings. The fraction of sp³-hybridized carbons (Fsp3) is 0.462. The van der Waals surface area contributed by atoms with Crippen molar-refractivity contribution in [2.24, 2.45) is 0 Å². The lowest BCUT2D eigenvalue weighted by Crippen LogP contribution is -2.32. The Bertz CT molecular complexity index is 352. The average Bonchev–Trinajstić information content (AvgIpc) is 2.29. The number of carbonyl (C=O) groups excluding carboxylic acids is 1. The van der Waals surface area contributed by atoms with E-state index in [0.717, 1.165) is 23.3 Å². The third-order valence-electron chi connectivity index (χ3n) is 2.45. The van der Waals surface area contributed by atoms with Crippen molar-refractivity contribution in [3.05, 3.63) is 29.8 Å². The van der Waals surface area contributed by atoms with Gasteiger partial charge >= 0.3 is 0 Å². The summed E-state index contributed by atoms with van der Waals surface area (Å²) in [4.78, 5) is 13.0. The van der Waals surface area contributed by atoms with Gasteiger partial charge in [0.1, 0.15) is 0 Å². The van der Waals surface area contributed by atoms with E-state index in [0.29, 0.717) is 0 Å². The van der Waals surface area contributed by atoms with E-state index >= 15 is 0 Å². The van der Waals surface area contributed by atoms with Gasteiger partial charge in [-0.25, -0.2) is 0 Å². The van der Waals surface area contributed by atoms with Gasteiger partial charge in [-0.3, -0.25) is 4.79 Å². The van der Waals surface area contributed by atoms with Crippen molar-refractivity contribution in [3.8, 4) is 0 Å². The molecule has 88 valence electrons. The summed E-state index contributed by atoms with van der Waals surface area (Å²) >= 11 is 1.60. The highest BCUT2D eigenvalue weighted by molar-refractivity contribution is 7.98. The van der Waals surface area contributed by atoms with Gasteiger partial charge in [0.25, 0.3) is 5.91 Å². The Hall–Kier alpha value is -0.960. The Morgan fingerprint density at radius 3 is 2.75 bits per heavy atom. The van der Waals surface area contributed by atoms with Gasteiger partial charge in [-0.1, -0.05) is 25.5 Å². The van der Waals surface area contributed by atoms with Crippen molar-refractivity contribution in [3.63, 3.8) is 0 Å². The number of carbonyl (C=O) groups is 1. The van der Waals surface area contributed by atoms with Gasteiger partial charge < -0.3 is 5.32 Å². The van der Waals surface area contributed by atoms with Gasteiger partial charge in [0.05, 0.1) is 5.56 Å². The fourth-order valence-corrected chi connectivity index (χ4v) is 2.23. The maximum atomic E-state index is 12.0. The van der Waals surface area contributed by atoms with E-state index in [9.17, 15) is 4.79 Å². The summed E-state index contributed by atoms with van der Waals surface area (Å²) in [5.74, 6) is 0.0332. The van der Waals surface area contributed by atoms with E-state index in [1.54, 1.807) is 11.8 Å². The molecular formula is C13H19NOS. The number of hydrogen-bond donors (Lipinski definition) is 1. The monoisotopic (exact) mass is 237 g/mol. The van der Waals surface area contributed by atoms with Crippen LogP contribution in [0.4, 0.5) is 0 Å². The molecule has 0 saturated heterocycles. The summed E-state index contributed by atoms with van der Waals surface area (Å²) in [6.07, 6.45) is 4.10. The van der Waals surface area contributed by atoms with Crippen LogP contribution in [0.1, 0.15) is 37.0 Å². The molecule has 16 heavy (non-hydrogen) atoms. The number of amides is 1. The van der Waals surface area contributed by atoms with Crippen LogP contribution in [0.2, 0.25) is 0 Å². The second kappa shape index (κ2) is 6.59. The molecule has 0 radical (unpaired) electrons. The zero-order valence-electron chi connectivity index (χ0n) is 10.1. The summed E-state index contributed by atoms with van der Waals surface area (Å²) in [6.45, 7) is 4.17. The number of nitrogens with one attached hydrogen (secondary N) is 1. The van der Waals surface area contributed by atoms with Crippen molar-refractivity contribution in [2.75, 3.05) is 6.26 Å². The van der Waals surface area contributed by atoms with Crippen LogP contribution in [0.3, 0.4) is 0 Å². The van der Waals surface area contributed by atoms with Crippen LogP contribution in [0.15, 0.2) is 29.2 Å². The molecule has 0 aliphatic carbocycles. The summed E-state index contributed by atoms with van der Waals surface area (Å²) < 4.78 is 0. The first-order valence-corrected chi connectivity index (χ1v) is 6.85. The van der Waals surface area contributed by atoms with Gasteiger partial charge in [0.15, 0.2) is 0 Å². The zero-order chi connectivity index (χ0) is 12.0. The van der Waals surface area contributed by atoms with Gasteiger partial charge in [0.2, 0.25) is 0 Å². The van der Waals surface area contributed by atoms with Crippen LogP contribution in [0.5, 0.6) is 0 Å². The average molecular weight is 237 g/mol. The molecule has 1 unspecified atom stereocenters. The SMILES string of the molecule is CCCC(C)NC(=O)c1ccccc1SC. The Morgan fingerprint density at radius 2 is 2.12 bits per heavy atom. The van der Waals surface area contributed by atoms with Crippen molar-refractivity contribution < 1.29 is 4.79 Å². The Balaban J connectivity index is 2.72. The van der Waals surface area contributed by atoms with Crippen LogP contribution >= 0.6 is 11.8 Å². The lowest BCUT2D eigenvalue weighted by atomic mass is 10.1. The van der Waals surface area contributed by atoms with Crippen molar-refractivity contribution >= 4 is 17.7 Å². The Kier molecular flexibility index (Phi) is 5.39. The quantitative estimate of drug-likeness (QED) is 0.796. The highest BCUT2D eigenvalue weighted by atomic mass is 32.2. The smallest absolute Gasteiger partial charge is 0.252 e. The topological polar surface area (TPSA) is 29.1 Å². The van der Waals surface area contributed by atoms with E-state index in [-0.39, 0.29) is 11.9 Å². The van der Waals surface area contributed by atoms with Gasteiger partial charge in [-0.05, 0) is 31.7 Å². The zero-order valence-corrected chi connectivity index (χ0v) is 10.9. The molecule has 3 heteroatoms. The number of hydrogen-bond acceptors (Lipinski definition) is 2. The first kappa shape index (κ1) is 13.1. The summed E-state index contributed by atoms with van der Waals surface area (Å²) in [6, 6.07) is 7.95. The van der Waals surface area contributed by atoms with E-state index in [2.05, 4.69) is 12.2 Å². The molecule has 1 atom stereocenters. The molecule has 0 aliphatic heterocycles. The van der Waals surface area contributed by atoms with Crippen LogP contribution in [0, 0.1) is 0 Å². The Morgan fingerprint density at radius 1 is 1.44 bits per heavy atom. The first-order valence-electron chi connectivity index (χ1n) is 5.63. The minimum atomic E-state index is 0.0332. The van der Waals surface area contributed by atoms with Gasteiger partial charge in [0, 0.05) is 10.9 Å². The molecular weight excluding hydrogens is 218 g/mol. The summed E-state index contributed by atoms with van der Waals surface area (Å²) in [5.41, 5.74) is 0.776. The number of rotatable bonds is 5. The minimum absolute atomic E-state index is 0.0332. The third-order valence-corrected chi connectivity index (χ3v) is 3.25. The highest BCUT2D eigenvalue weighted by Crippen LogP contribution is 2.19. The van der Waals surface area contributed by atoms with E-state index in [1.807, 2.05) is 37.4 Å². The molecule has 0 bridgehead atoms. The molecule has 0 spiro atoms. The molecule has 0 heterocycles. The number of benzene rings is 1. The predicted octanol–water partition coefficient (Wildman–Crippen LogP) is 3.33. The minimum Gasteiger partial charge on any atom is -0.350 e. The largest absolute Gasteiger partial charge is 0.350 e. The second-order valence-corrected chi connectivity index (χ2v) is 4.71. The third kappa shape index (κ3) is 3.56. The molecule has 0 aliphatic rings. The molecule has 0 aromatic heterocycles. The predicted molar refractivity (Wildman–Crippen MR) is 70.1 cm³/mol. The van der Waals surface area contributed by atoms with Crippen molar-refractivity contribution in [1.29, 1.82) is 0 Å². The highest BCUT2D eigenvalue weighted by Gasteiger charge is 2.12. The molecule has 1 aromatic carbocycles. The lowest BCUT2D eigenvalue weighted by Gasteiger charge is -2.14. The standard InChI is InChI=1S/C13H19NOS/c1-4-7-10(2)14-13(15)11-8-5-6-9-12(11)16-3/h5-6,8-10H,4,7H2,1-3H3,(H,14,15). The molecule has 1 aromatic rings. The second-order valence-electron chi connectivity index (χ2n) is 3.86. The molecule has 1 amide bonds. The maximum absolute atomic E-state index is 12.0. The van der Waals surface area contributed by atoms with Crippen LogP contribution < -0.4 is 5.32 Å². The van der Waals surface area contributed by atoms with E-state index in [1.165, 1.54) is 0 Å². The summed E-state index contributed by atoms with van der Waals surface area (Å²) in [5, 5.41) is 3.02. The maximum Gasteiger partial charge on any atom is 0.252 e. The van der Waals surface area contributed by atoms with Crippen molar-refractivity contribution in [2.45, 2.75) is 37.6 Å². The summed E-state index contributed by atoms with van der Waals surface area (Å²) in [7, 11) is 0. The van der Waals surface area contributed by atoms with Crippen LogP contribution in [0.25, 0.3) is 0 Å². The molecule has 2 nitrogen and oxygen atoms in total. The van der Waals surface area contributed by atoms with Gasteiger partial charge in [-0.15, -0.1) is 11.8 Å². The fourth-order valence-electron chi connectivity index (χ4n) is 1.64. The van der Waals surface area contributed by atoms with Crippen molar-refractivity contribution in [1.82, 2.24) is 5.32 Å². The molecule has 1 rings (SSSR count). The van der Waals surface area contributed by atoms with E-state index < -0.39 is 0 Å². The number of thioether (sulfide) groups is 1. The van der Waals surface area contributed by atoms with Crippen LogP contribution in [-0.2, 0) is 0 Å². The van der Waals surface area contributed by atoms with Crippen LogP contribution in [-0.4, -0.2) is 18.2 Å². The Labute approximate surface area is 102 Å². The molecule has 1 N–H and O–H groups in total. The first-order chi connectivity index (χ1) is 7.69. The van der Waals surface area contributed by atoms with Gasteiger partial charge in [-0.2, -0.15) is 0 Å². The van der Waals surface area contributed by atoms with E-state index in [4.69, 9.17) is 0 Å². The molecule has 0 saturated carbocycles. The lowest BCUT2D eigenvalue weighted by molar-refractivity contribution is 0.0935. The normalized spacial score (nSPS) is 12.2.